The van der Waals surface area contributed by atoms with Crippen LogP contribution in [-0.2, 0) is 17.9 Å². The number of anilines is 1. The molecular weight excluding hydrogens is 288 g/mol. The number of carbonyl (C=O) groups is 1. The molecule has 0 atom stereocenters. The van der Waals surface area contributed by atoms with E-state index in [9.17, 15) is 4.79 Å². The maximum absolute atomic E-state index is 11.1. The maximum atomic E-state index is 11.1. The fourth-order valence-electron chi connectivity index (χ4n) is 2.31. The van der Waals surface area contributed by atoms with Crippen LogP contribution in [0.2, 0.25) is 0 Å². The number of rotatable bonds is 4. The smallest absolute Gasteiger partial charge is 0.186 e. The molecule has 0 N–H and O–H groups in total. The van der Waals surface area contributed by atoms with Gasteiger partial charge in [-0.05, 0) is 6.07 Å². The number of carbonyl (C=O) groups excluding carboxylic acids is 1. The number of methoxy groups -OCH3 is 1. The molecule has 1 aromatic carbocycles. The minimum Gasteiger partial charge on any atom is -0.491 e. The van der Waals surface area contributed by atoms with E-state index in [4.69, 9.17) is 9.47 Å². The van der Waals surface area contributed by atoms with Gasteiger partial charge in [0, 0.05) is 19.2 Å². The largest absolute Gasteiger partial charge is 0.491 e. The van der Waals surface area contributed by atoms with Crippen LogP contribution in [0, 0.1) is 0 Å². The Hall–Kier alpha value is -1.92. The number of benzene rings is 1. The Balaban J connectivity index is 1.88. The lowest BCUT2D eigenvalue weighted by Crippen LogP contribution is -2.25. The first-order valence-corrected chi connectivity index (χ1v) is 7.53. The van der Waals surface area contributed by atoms with Gasteiger partial charge in [0.05, 0.1) is 23.7 Å². The molecule has 0 unspecified atom stereocenters. The number of aldehydes is 1. The van der Waals surface area contributed by atoms with E-state index in [0.29, 0.717) is 23.8 Å². The third-order valence-electron chi connectivity index (χ3n) is 3.33. The van der Waals surface area contributed by atoms with Crippen molar-refractivity contribution in [3.63, 3.8) is 0 Å². The van der Waals surface area contributed by atoms with E-state index in [1.54, 1.807) is 7.11 Å². The highest BCUT2D eigenvalue weighted by atomic mass is 32.1. The molecule has 0 fully saturated rings. The van der Waals surface area contributed by atoms with Crippen molar-refractivity contribution in [2.75, 3.05) is 25.2 Å². The van der Waals surface area contributed by atoms with Gasteiger partial charge in [-0.2, -0.15) is 0 Å². The average Bonchev–Trinajstić information content (AvgIpc) is 2.78. The van der Waals surface area contributed by atoms with Crippen molar-refractivity contribution in [3.8, 4) is 5.75 Å². The first-order chi connectivity index (χ1) is 10.3. The zero-order valence-electron chi connectivity index (χ0n) is 11.7. The molecule has 1 aliphatic rings. The molecule has 0 aliphatic carbocycles. The van der Waals surface area contributed by atoms with E-state index in [-0.39, 0.29) is 0 Å². The minimum atomic E-state index is 0.353. The van der Waals surface area contributed by atoms with Gasteiger partial charge in [-0.1, -0.05) is 29.5 Å². The second kappa shape index (κ2) is 6.24. The van der Waals surface area contributed by atoms with Gasteiger partial charge >= 0.3 is 0 Å². The number of aromatic nitrogens is 1. The summed E-state index contributed by atoms with van der Waals surface area (Å²) < 4.78 is 10.8. The van der Waals surface area contributed by atoms with E-state index in [0.717, 1.165) is 35.8 Å². The first kappa shape index (κ1) is 14.0. The quantitative estimate of drug-likeness (QED) is 0.812. The Morgan fingerprint density at radius 3 is 3.14 bits per heavy atom. The molecule has 0 spiro atoms. The zero-order valence-corrected chi connectivity index (χ0v) is 12.6. The lowest BCUT2D eigenvalue weighted by Gasteiger charge is -2.18. The van der Waals surface area contributed by atoms with Crippen LogP contribution in [0.5, 0.6) is 5.75 Å². The molecule has 2 aromatic rings. The van der Waals surface area contributed by atoms with Gasteiger partial charge < -0.3 is 14.4 Å². The molecule has 0 saturated carbocycles. The Morgan fingerprint density at radius 2 is 2.33 bits per heavy atom. The molecule has 0 bridgehead atoms. The van der Waals surface area contributed by atoms with Crippen molar-refractivity contribution in [3.05, 3.63) is 40.4 Å². The van der Waals surface area contributed by atoms with E-state index in [1.807, 2.05) is 18.2 Å². The van der Waals surface area contributed by atoms with Crippen LogP contribution in [0.4, 0.5) is 5.13 Å². The van der Waals surface area contributed by atoms with Gasteiger partial charge in [0.2, 0.25) is 0 Å². The van der Waals surface area contributed by atoms with Gasteiger partial charge in [0.1, 0.15) is 12.4 Å². The van der Waals surface area contributed by atoms with Gasteiger partial charge in [-0.3, -0.25) is 4.79 Å². The Morgan fingerprint density at radius 1 is 1.48 bits per heavy atom. The zero-order chi connectivity index (χ0) is 14.7. The summed E-state index contributed by atoms with van der Waals surface area (Å²) in [6.45, 7) is 2.43. The fraction of sp³-hybridized carbons (Fsp3) is 0.333. The van der Waals surface area contributed by atoms with Crippen LogP contribution < -0.4 is 9.64 Å². The minimum absolute atomic E-state index is 0.353. The summed E-state index contributed by atoms with van der Waals surface area (Å²) in [5.74, 6) is 0.921. The normalized spacial score (nSPS) is 14.2. The number of nitrogens with zero attached hydrogens (tertiary/aromatic N) is 2. The predicted octanol–water partition coefficient (Wildman–Crippen LogP) is 2.50. The number of para-hydroxylation sites is 1. The van der Waals surface area contributed by atoms with Gasteiger partial charge in [0.25, 0.3) is 0 Å². The van der Waals surface area contributed by atoms with Crippen molar-refractivity contribution >= 4 is 22.8 Å². The molecule has 1 aromatic heterocycles. The highest BCUT2D eigenvalue weighted by Gasteiger charge is 2.20. The average molecular weight is 304 g/mol. The highest BCUT2D eigenvalue weighted by Crippen LogP contribution is 2.30. The summed E-state index contributed by atoms with van der Waals surface area (Å²) in [6.07, 6.45) is 0.845. The van der Waals surface area contributed by atoms with Crippen LogP contribution in [0.3, 0.4) is 0 Å². The second-order valence-corrected chi connectivity index (χ2v) is 5.75. The molecule has 6 heteroatoms. The summed E-state index contributed by atoms with van der Waals surface area (Å²) in [5, 5.41) is 0.837. The fourth-order valence-corrected chi connectivity index (χ4v) is 3.22. The third kappa shape index (κ3) is 2.91. The molecule has 5 nitrogen and oxygen atoms in total. The number of hydrogen-bond acceptors (Lipinski definition) is 6. The van der Waals surface area contributed by atoms with E-state index < -0.39 is 0 Å². The van der Waals surface area contributed by atoms with Crippen molar-refractivity contribution in [1.82, 2.24) is 4.98 Å². The lowest BCUT2D eigenvalue weighted by atomic mass is 10.2. The first-order valence-electron chi connectivity index (χ1n) is 6.71. The highest BCUT2D eigenvalue weighted by molar-refractivity contribution is 7.17. The van der Waals surface area contributed by atoms with E-state index in [2.05, 4.69) is 16.0 Å². The number of fused-ring (bicyclic) bond motifs is 1. The summed E-state index contributed by atoms with van der Waals surface area (Å²) in [5.41, 5.74) is 1.83. The van der Waals surface area contributed by atoms with Crippen molar-refractivity contribution in [1.29, 1.82) is 0 Å². The van der Waals surface area contributed by atoms with Crippen molar-refractivity contribution in [2.45, 2.75) is 13.2 Å². The summed E-state index contributed by atoms with van der Waals surface area (Å²) in [4.78, 5) is 18.4. The van der Waals surface area contributed by atoms with Gasteiger partial charge in [0.15, 0.2) is 11.4 Å². The van der Waals surface area contributed by atoms with Crippen LogP contribution >= 0.6 is 11.3 Å². The van der Waals surface area contributed by atoms with Gasteiger partial charge in [-0.25, -0.2) is 4.98 Å². The van der Waals surface area contributed by atoms with E-state index in [1.165, 1.54) is 11.3 Å². The molecule has 1 aliphatic heterocycles. The Bertz CT molecular complexity index is 642. The number of hydrogen-bond donors (Lipinski definition) is 0. The Labute approximate surface area is 127 Å². The Kier molecular flexibility index (Phi) is 4.17. The molecule has 0 saturated heterocycles. The summed E-state index contributed by atoms with van der Waals surface area (Å²) in [7, 11) is 1.60. The summed E-state index contributed by atoms with van der Waals surface area (Å²) >= 11 is 1.40. The molecule has 21 heavy (non-hydrogen) atoms. The molecular formula is C15H16N2O3S. The maximum Gasteiger partial charge on any atom is 0.186 e. The van der Waals surface area contributed by atoms with Crippen LogP contribution in [0.25, 0.3) is 0 Å². The lowest BCUT2D eigenvalue weighted by molar-refractivity contribution is 0.112. The monoisotopic (exact) mass is 304 g/mol. The number of ether oxygens (including phenoxy) is 2. The summed E-state index contributed by atoms with van der Waals surface area (Å²) in [6, 6.07) is 8.01. The van der Waals surface area contributed by atoms with Crippen LogP contribution in [-0.4, -0.2) is 31.5 Å². The molecule has 3 rings (SSSR count). The number of thiazole rings is 1. The van der Waals surface area contributed by atoms with Gasteiger partial charge in [-0.15, -0.1) is 0 Å². The van der Waals surface area contributed by atoms with Crippen LogP contribution in [0.1, 0.15) is 20.9 Å². The van der Waals surface area contributed by atoms with Crippen LogP contribution in [0.15, 0.2) is 24.3 Å². The topological polar surface area (TPSA) is 51.7 Å². The standard InChI is InChI=1S/C15H16N2O3S/c1-19-10-12-14(9-18)21-15(16-12)17-6-7-20-13-5-3-2-4-11(13)8-17/h2-5,9H,6-8,10H2,1H3. The van der Waals surface area contributed by atoms with E-state index >= 15 is 0 Å². The molecule has 2 heterocycles. The molecule has 110 valence electrons. The van der Waals surface area contributed by atoms with Crippen molar-refractivity contribution in [2.24, 2.45) is 0 Å². The van der Waals surface area contributed by atoms with Crippen molar-refractivity contribution < 1.29 is 14.3 Å². The molecule has 0 amide bonds. The second-order valence-electron chi connectivity index (χ2n) is 4.74. The SMILES string of the molecule is COCc1nc(N2CCOc3ccccc3C2)sc1C=O. The predicted molar refractivity (Wildman–Crippen MR) is 81.2 cm³/mol. The third-order valence-corrected chi connectivity index (χ3v) is 4.41. The molecule has 0 radical (unpaired) electrons.